The predicted octanol–water partition coefficient (Wildman–Crippen LogP) is -0.0123. The second kappa shape index (κ2) is 4.26. The highest BCUT2D eigenvalue weighted by molar-refractivity contribution is 5.34. The van der Waals surface area contributed by atoms with Gasteiger partial charge in [-0.15, -0.1) is 0 Å². The molecule has 1 aromatic rings. The molecule has 0 atom stereocenters. The Bertz CT molecular complexity index is 318. The number of nitrogens with zero attached hydrogens (tertiary/aromatic N) is 3. The fraction of sp³-hybridized carbons (Fsp3) is 0.625. The summed E-state index contributed by atoms with van der Waals surface area (Å²) in [7, 11) is 1.50. The van der Waals surface area contributed by atoms with Gasteiger partial charge in [0.1, 0.15) is 0 Å². The van der Waals surface area contributed by atoms with Crippen molar-refractivity contribution in [3.8, 4) is 6.01 Å². The summed E-state index contributed by atoms with van der Waals surface area (Å²) < 4.78 is 4.92. The van der Waals surface area contributed by atoms with Crippen LogP contribution in [-0.2, 0) is 0 Å². The van der Waals surface area contributed by atoms with Gasteiger partial charge in [-0.25, -0.2) is 5.84 Å². The molecule has 7 heteroatoms. The molecule has 1 fully saturated rings. The van der Waals surface area contributed by atoms with Gasteiger partial charge in [0.2, 0.25) is 11.9 Å². The maximum atomic E-state index is 5.22. The lowest BCUT2D eigenvalue weighted by atomic mass is 10.4. The molecule has 2 rings (SSSR count). The lowest BCUT2D eigenvalue weighted by molar-refractivity contribution is 0.379. The van der Waals surface area contributed by atoms with E-state index in [2.05, 4.69) is 25.7 Å². The summed E-state index contributed by atoms with van der Waals surface area (Å²) >= 11 is 0. The second-order valence-corrected chi connectivity index (χ2v) is 3.44. The van der Waals surface area contributed by atoms with Gasteiger partial charge in [0.05, 0.1) is 7.11 Å². The molecule has 15 heavy (non-hydrogen) atoms. The zero-order valence-electron chi connectivity index (χ0n) is 8.53. The van der Waals surface area contributed by atoms with E-state index in [0.717, 1.165) is 12.5 Å². The molecule has 0 aliphatic heterocycles. The van der Waals surface area contributed by atoms with Crippen LogP contribution >= 0.6 is 0 Å². The van der Waals surface area contributed by atoms with Crippen molar-refractivity contribution < 1.29 is 4.74 Å². The van der Waals surface area contributed by atoms with Gasteiger partial charge in [-0.3, -0.25) is 5.43 Å². The molecule has 0 saturated heterocycles. The molecule has 0 aromatic carbocycles. The van der Waals surface area contributed by atoms with Gasteiger partial charge >= 0.3 is 6.01 Å². The molecule has 1 saturated carbocycles. The number of hydrogen-bond acceptors (Lipinski definition) is 7. The van der Waals surface area contributed by atoms with Crippen molar-refractivity contribution in [2.45, 2.75) is 12.8 Å². The molecule has 0 amide bonds. The molecule has 1 aliphatic carbocycles. The Hall–Kier alpha value is -1.63. The number of anilines is 2. The molecule has 1 aromatic heterocycles. The van der Waals surface area contributed by atoms with Gasteiger partial charge < -0.3 is 10.1 Å². The van der Waals surface area contributed by atoms with E-state index in [1.165, 1.54) is 20.0 Å². The minimum absolute atomic E-state index is 0.247. The monoisotopic (exact) mass is 210 g/mol. The van der Waals surface area contributed by atoms with Crippen molar-refractivity contribution in [3.63, 3.8) is 0 Å². The first-order valence-electron chi connectivity index (χ1n) is 4.82. The minimum atomic E-state index is 0.247. The van der Waals surface area contributed by atoms with E-state index in [1.54, 1.807) is 0 Å². The van der Waals surface area contributed by atoms with Crippen LogP contribution in [-0.4, -0.2) is 28.6 Å². The summed E-state index contributed by atoms with van der Waals surface area (Å²) in [6, 6.07) is 0.247. The molecule has 82 valence electrons. The molecule has 4 N–H and O–H groups in total. The molecule has 1 aliphatic rings. The Labute approximate surface area is 87.4 Å². The maximum absolute atomic E-state index is 5.22. The number of methoxy groups -OCH3 is 1. The smallest absolute Gasteiger partial charge is 0.322 e. The van der Waals surface area contributed by atoms with Crippen LogP contribution in [0.1, 0.15) is 12.8 Å². The van der Waals surface area contributed by atoms with Crippen molar-refractivity contribution >= 4 is 11.9 Å². The number of nitrogens with two attached hydrogens (primary N) is 1. The highest BCUT2D eigenvalue weighted by Gasteiger charge is 2.21. The van der Waals surface area contributed by atoms with Gasteiger partial charge in [-0.05, 0) is 18.8 Å². The summed E-state index contributed by atoms with van der Waals surface area (Å²) in [6.45, 7) is 0.886. The van der Waals surface area contributed by atoms with Crippen molar-refractivity contribution in [3.05, 3.63) is 0 Å². The van der Waals surface area contributed by atoms with Crippen molar-refractivity contribution in [1.29, 1.82) is 0 Å². The van der Waals surface area contributed by atoms with E-state index < -0.39 is 0 Å². The van der Waals surface area contributed by atoms with Crippen LogP contribution in [0.3, 0.4) is 0 Å². The van der Waals surface area contributed by atoms with Crippen LogP contribution in [0.2, 0.25) is 0 Å². The summed E-state index contributed by atoms with van der Waals surface area (Å²) in [5.41, 5.74) is 2.36. The third-order valence-corrected chi connectivity index (χ3v) is 2.17. The lowest BCUT2D eigenvalue weighted by Crippen LogP contribution is -2.14. The number of rotatable bonds is 5. The normalized spacial score (nSPS) is 14.8. The lowest BCUT2D eigenvalue weighted by Gasteiger charge is -2.06. The number of ether oxygens (including phenoxy) is 1. The zero-order valence-corrected chi connectivity index (χ0v) is 8.53. The van der Waals surface area contributed by atoms with E-state index in [9.17, 15) is 0 Å². The third kappa shape index (κ3) is 2.66. The van der Waals surface area contributed by atoms with Gasteiger partial charge in [-0.2, -0.15) is 15.0 Å². The van der Waals surface area contributed by atoms with Crippen LogP contribution in [0.15, 0.2) is 0 Å². The van der Waals surface area contributed by atoms with Crippen molar-refractivity contribution in [2.24, 2.45) is 11.8 Å². The third-order valence-electron chi connectivity index (χ3n) is 2.17. The minimum Gasteiger partial charge on any atom is -0.467 e. The molecule has 7 nitrogen and oxygen atoms in total. The van der Waals surface area contributed by atoms with E-state index in [1.807, 2.05) is 0 Å². The highest BCUT2D eigenvalue weighted by atomic mass is 16.5. The van der Waals surface area contributed by atoms with Crippen LogP contribution in [0.25, 0.3) is 0 Å². The fourth-order valence-electron chi connectivity index (χ4n) is 1.15. The summed E-state index contributed by atoms with van der Waals surface area (Å²) in [6.07, 6.45) is 2.55. The molecule has 1 heterocycles. The average Bonchev–Trinajstić information content (AvgIpc) is 3.09. The Morgan fingerprint density at radius 3 is 2.67 bits per heavy atom. The second-order valence-electron chi connectivity index (χ2n) is 3.44. The molecule has 0 spiro atoms. The summed E-state index contributed by atoms with van der Waals surface area (Å²) in [5.74, 6) is 6.76. The van der Waals surface area contributed by atoms with Crippen LogP contribution in [0, 0.1) is 5.92 Å². The summed E-state index contributed by atoms with van der Waals surface area (Å²) in [5, 5.41) is 3.12. The molecular formula is C8H14N6O. The predicted molar refractivity (Wildman–Crippen MR) is 55.4 cm³/mol. The molecule has 0 bridgehead atoms. The maximum Gasteiger partial charge on any atom is 0.322 e. The van der Waals surface area contributed by atoms with Gasteiger partial charge in [0.15, 0.2) is 0 Å². The number of nitrogen functional groups attached to an aromatic ring is 1. The van der Waals surface area contributed by atoms with E-state index >= 15 is 0 Å². The largest absolute Gasteiger partial charge is 0.467 e. The highest BCUT2D eigenvalue weighted by Crippen LogP contribution is 2.28. The number of hydrogen-bond donors (Lipinski definition) is 3. The van der Waals surface area contributed by atoms with E-state index in [0.29, 0.717) is 11.9 Å². The first kappa shape index (κ1) is 9.91. The summed E-state index contributed by atoms with van der Waals surface area (Å²) in [4.78, 5) is 12.0. The number of nitrogens with one attached hydrogen (secondary N) is 2. The van der Waals surface area contributed by atoms with Crippen molar-refractivity contribution in [1.82, 2.24) is 15.0 Å². The Morgan fingerprint density at radius 1 is 1.33 bits per heavy atom. The first-order valence-corrected chi connectivity index (χ1v) is 4.82. The quantitative estimate of drug-likeness (QED) is 0.464. The van der Waals surface area contributed by atoms with E-state index in [-0.39, 0.29) is 6.01 Å². The van der Waals surface area contributed by atoms with Gasteiger partial charge in [0, 0.05) is 6.54 Å². The average molecular weight is 210 g/mol. The SMILES string of the molecule is COc1nc(NN)nc(NCC2CC2)n1. The van der Waals surface area contributed by atoms with Crippen LogP contribution in [0.4, 0.5) is 11.9 Å². The Balaban J connectivity index is 2.06. The first-order chi connectivity index (χ1) is 7.31. The standard InChI is InChI=1S/C8H14N6O/c1-15-8-12-6(10-4-5-2-3-5)11-7(13-8)14-9/h5H,2-4,9H2,1H3,(H2,10,11,12,13,14). The number of aromatic nitrogens is 3. The molecule has 0 unspecified atom stereocenters. The fourth-order valence-corrected chi connectivity index (χ4v) is 1.15. The topological polar surface area (TPSA) is 98.0 Å². The zero-order chi connectivity index (χ0) is 10.7. The van der Waals surface area contributed by atoms with Crippen LogP contribution < -0.4 is 21.3 Å². The van der Waals surface area contributed by atoms with Crippen molar-refractivity contribution in [2.75, 3.05) is 24.4 Å². The molecule has 0 radical (unpaired) electrons. The van der Waals surface area contributed by atoms with Gasteiger partial charge in [-0.1, -0.05) is 0 Å². The Morgan fingerprint density at radius 2 is 2.07 bits per heavy atom. The Kier molecular flexibility index (Phi) is 2.82. The molecular weight excluding hydrogens is 196 g/mol. The van der Waals surface area contributed by atoms with E-state index in [4.69, 9.17) is 10.6 Å². The van der Waals surface area contributed by atoms with Gasteiger partial charge in [0.25, 0.3) is 0 Å². The van der Waals surface area contributed by atoms with Crippen LogP contribution in [0.5, 0.6) is 6.01 Å². The number of hydrazine groups is 1.